The summed E-state index contributed by atoms with van der Waals surface area (Å²) in [5.41, 5.74) is 6.07. The number of nitrogens with zero attached hydrogens (tertiary/aromatic N) is 4. The van der Waals surface area contributed by atoms with Crippen molar-refractivity contribution in [1.29, 1.82) is 0 Å². The van der Waals surface area contributed by atoms with Gasteiger partial charge in [-0.2, -0.15) is 9.97 Å². The molecular formula is C12H15ClN5O8P. The molecule has 1 saturated heterocycles. The number of fused-ring (bicyclic) bond motifs is 1. The fourth-order valence-electron chi connectivity index (χ4n) is 2.58. The number of carbonyl (C=O) groups is 1. The maximum Gasteiger partial charge on any atom is 0.336 e. The lowest BCUT2D eigenvalue weighted by atomic mass is 10.1. The predicted octanol–water partition coefficient (Wildman–Crippen LogP) is -1.60. The number of hydrogen-bond acceptors (Lipinski definition) is 10. The van der Waals surface area contributed by atoms with Crippen molar-refractivity contribution >= 4 is 42.1 Å². The third-order valence-electron chi connectivity index (χ3n) is 3.78. The highest BCUT2D eigenvalue weighted by Gasteiger charge is 2.45. The smallest absolute Gasteiger partial charge is 0.336 e. The summed E-state index contributed by atoms with van der Waals surface area (Å²) in [5.74, 6) is -1.16. The summed E-state index contributed by atoms with van der Waals surface area (Å²) < 4.78 is 22.3. The highest BCUT2D eigenvalue weighted by Crippen LogP contribution is 2.35. The molecule has 6 N–H and O–H groups in total. The zero-order valence-electron chi connectivity index (χ0n) is 13.4. The van der Waals surface area contributed by atoms with Crippen LogP contribution in [0.1, 0.15) is 6.23 Å². The van der Waals surface area contributed by atoms with Gasteiger partial charge in [-0.1, -0.05) is 0 Å². The Morgan fingerprint density at radius 3 is 2.74 bits per heavy atom. The van der Waals surface area contributed by atoms with Gasteiger partial charge in [-0.3, -0.25) is 13.9 Å². The van der Waals surface area contributed by atoms with Crippen molar-refractivity contribution in [3.63, 3.8) is 0 Å². The van der Waals surface area contributed by atoms with Gasteiger partial charge in [-0.15, -0.1) is 0 Å². The number of carbonyl (C=O) groups excluding carboxylic acids is 1. The van der Waals surface area contributed by atoms with Gasteiger partial charge >= 0.3 is 13.6 Å². The zero-order valence-corrected chi connectivity index (χ0v) is 15.1. The number of rotatable bonds is 5. The minimum atomic E-state index is -4.58. The number of halogens is 1. The van der Waals surface area contributed by atoms with Gasteiger partial charge in [0.1, 0.15) is 36.6 Å². The average molecular weight is 424 g/mol. The SMILES string of the molecule is Nc1nc(Cl)nc2c1ncn2C1OC(COC(=O)CP(=O)(O)O)C(O)C1O. The Morgan fingerprint density at radius 1 is 1.37 bits per heavy atom. The van der Waals surface area contributed by atoms with Crippen LogP contribution in [0.3, 0.4) is 0 Å². The number of anilines is 1. The van der Waals surface area contributed by atoms with E-state index in [-0.39, 0.29) is 22.3 Å². The van der Waals surface area contributed by atoms with Crippen LogP contribution >= 0.6 is 19.2 Å². The molecule has 13 nitrogen and oxygen atoms in total. The van der Waals surface area contributed by atoms with E-state index in [0.717, 1.165) is 0 Å². The lowest BCUT2D eigenvalue weighted by Crippen LogP contribution is -2.34. The molecule has 4 atom stereocenters. The van der Waals surface area contributed by atoms with E-state index < -0.39 is 50.9 Å². The van der Waals surface area contributed by atoms with E-state index in [4.69, 9.17) is 36.6 Å². The number of esters is 1. The van der Waals surface area contributed by atoms with E-state index in [9.17, 15) is 19.6 Å². The summed E-state index contributed by atoms with van der Waals surface area (Å²) >= 11 is 5.77. The van der Waals surface area contributed by atoms with Crippen molar-refractivity contribution in [3.05, 3.63) is 11.6 Å². The van der Waals surface area contributed by atoms with E-state index >= 15 is 0 Å². The first-order valence-corrected chi connectivity index (χ1v) is 9.61. The normalized spacial score (nSPS) is 25.8. The number of aromatic nitrogens is 4. The van der Waals surface area contributed by atoms with Crippen LogP contribution in [0.4, 0.5) is 5.82 Å². The molecule has 1 aliphatic rings. The number of nitrogens with two attached hydrogens (primary N) is 1. The monoisotopic (exact) mass is 423 g/mol. The van der Waals surface area contributed by atoms with Crippen LogP contribution in [0.5, 0.6) is 0 Å². The predicted molar refractivity (Wildman–Crippen MR) is 88.5 cm³/mol. The van der Waals surface area contributed by atoms with Crippen LogP contribution < -0.4 is 5.73 Å². The molecule has 0 radical (unpaired) electrons. The summed E-state index contributed by atoms with van der Waals surface area (Å²) in [4.78, 5) is 40.6. The van der Waals surface area contributed by atoms with Gasteiger partial charge in [-0.25, -0.2) is 4.98 Å². The molecular weight excluding hydrogens is 409 g/mol. The second kappa shape index (κ2) is 7.28. The van der Waals surface area contributed by atoms with Gasteiger partial charge in [0.2, 0.25) is 5.28 Å². The van der Waals surface area contributed by atoms with E-state index in [2.05, 4.69) is 15.0 Å². The minimum Gasteiger partial charge on any atom is -0.462 e. The van der Waals surface area contributed by atoms with Crippen molar-refractivity contribution < 1.29 is 38.8 Å². The fourth-order valence-corrected chi connectivity index (χ4v) is 3.18. The van der Waals surface area contributed by atoms with Crippen molar-refractivity contribution in [2.24, 2.45) is 0 Å². The highest BCUT2D eigenvalue weighted by molar-refractivity contribution is 7.52. The molecule has 1 aliphatic heterocycles. The Balaban J connectivity index is 1.76. The topological polar surface area (TPSA) is 203 Å². The average Bonchev–Trinajstić information content (AvgIpc) is 3.07. The number of aliphatic hydroxyl groups is 2. The van der Waals surface area contributed by atoms with Crippen LogP contribution in [0.25, 0.3) is 11.2 Å². The van der Waals surface area contributed by atoms with Crippen molar-refractivity contribution in [2.75, 3.05) is 18.5 Å². The first-order valence-electron chi connectivity index (χ1n) is 7.44. The molecule has 0 bridgehead atoms. The molecule has 3 heterocycles. The quantitative estimate of drug-likeness (QED) is 0.209. The van der Waals surface area contributed by atoms with Crippen LogP contribution in [-0.4, -0.2) is 76.6 Å². The number of nitrogen functional groups attached to an aromatic ring is 1. The maximum absolute atomic E-state index is 11.4. The van der Waals surface area contributed by atoms with E-state index in [1.54, 1.807) is 0 Å². The van der Waals surface area contributed by atoms with Crippen molar-refractivity contribution in [1.82, 2.24) is 19.5 Å². The Kier molecular flexibility index (Phi) is 5.36. The molecule has 2 aromatic heterocycles. The summed E-state index contributed by atoms with van der Waals surface area (Å²) in [5, 5.41) is 20.2. The molecule has 0 spiro atoms. The van der Waals surface area contributed by atoms with Crippen LogP contribution in [0, 0.1) is 0 Å². The Hall–Kier alpha value is -1.86. The molecule has 0 saturated carbocycles. The second-order valence-corrected chi connectivity index (χ2v) is 7.74. The van der Waals surface area contributed by atoms with Gasteiger partial charge in [0.25, 0.3) is 0 Å². The lowest BCUT2D eigenvalue weighted by Gasteiger charge is -2.16. The lowest BCUT2D eigenvalue weighted by molar-refractivity contribution is -0.147. The second-order valence-electron chi connectivity index (χ2n) is 5.75. The molecule has 27 heavy (non-hydrogen) atoms. The molecule has 4 unspecified atom stereocenters. The number of aliphatic hydroxyl groups excluding tert-OH is 2. The van der Waals surface area contributed by atoms with Crippen LogP contribution in [-0.2, 0) is 18.8 Å². The summed E-state index contributed by atoms with van der Waals surface area (Å²) in [6.07, 6.45) is -5.05. The van der Waals surface area contributed by atoms with E-state index in [0.29, 0.717) is 0 Å². The Bertz CT molecular complexity index is 919. The molecule has 1 fully saturated rings. The van der Waals surface area contributed by atoms with Gasteiger partial charge in [0, 0.05) is 0 Å². The number of ether oxygens (including phenoxy) is 2. The van der Waals surface area contributed by atoms with Crippen LogP contribution in [0.15, 0.2) is 6.33 Å². The standard InChI is InChI=1S/C12H15ClN5O8P/c13-12-16-9(14)6-10(17-12)18(3-15-6)11-8(21)7(20)4(26-11)1-25-5(19)2-27(22,23)24/h3-4,7-8,11,20-21H,1-2H2,(H2,14,16,17)(H2,22,23,24). The van der Waals surface area contributed by atoms with E-state index in [1.807, 2.05) is 0 Å². The molecule has 0 aliphatic carbocycles. The Morgan fingerprint density at radius 2 is 2.07 bits per heavy atom. The molecule has 148 valence electrons. The summed E-state index contributed by atoms with van der Waals surface area (Å²) in [6.45, 7) is -0.530. The highest BCUT2D eigenvalue weighted by atomic mass is 35.5. The first kappa shape index (κ1) is 19.9. The third-order valence-corrected chi connectivity index (χ3v) is 4.62. The van der Waals surface area contributed by atoms with Gasteiger partial charge < -0.3 is 35.2 Å². The number of hydrogen-bond donors (Lipinski definition) is 5. The summed E-state index contributed by atoms with van der Waals surface area (Å²) in [7, 11) is -4.58. The zero-order chi connectivity index (χ0) is 19.9. The first-order chi connectivity index (χ1) is 12.6. The molecule has 2 aromatic rings. The summed E-state index contributed by atoms with van der Waals surface area (Å²) in [6, 6.07) is 0. The third kappa shape index (κ3) is 4.19. The number of imidazole rings is 1. The van der Waals surface area contributed by atoms with E-state index in [1.165, 1.54) is 10.9 Å². The molecule has 3 rings (SSSR count). The molecule has 0 amide bonds. The van der Waals surface area contributed by atoms with Crippen molar-refractivity contribution in [3.8, 4) is 0 Å². The van der Waals surface area contributed by atoms with Gasteiger partial charge in [0.05, 0.1) is 6.33 Å². The minimum absolute atomic E-state index is 0.0136. The van der Waals surface area contributed by atoms with Crippen LogP contribution in [0.2, 0.25) is 5.28 Å². The van der Waals surface area contributed by atoms with Crippen molar-refractivity contribution in [2.45, 2.75) is 24.5 Å². The van der Waals surface area contributed by atoms with Gasteiger partial charge in [0.15, 0.2) is 17.7 Å². The Labute approximate surface area is 155 Å². The van der Waals surface area contributed by atoms with Gasteiger partial charge in [-0.05, 0) is 11.6 Å². The fraction of sp³-hybridized carbons (Fsp3) is 0.500. The molecule has 0 aromatic carbocycles. The molecule has 15 heteroatoms. The maximum atomic E-state index is 11.4. The largest absolute Gasteiger partial charge is 0.462 e.